The molecule has 2 aliphatic rings. The number of nitrogens with one attached hydrogen (secondary N) is 2. The van der Waals surface area contributed by atoms with Gasteiger partial charge in [-0.3, -0.25) is 14.4 Å². The Balaban J connectivity index is 1.44. The number of fused-ring (bicyclic) bond motifs is 2. The second-order valence-electron chi connectivity index (χ2n) is 12.9. The van der Waals surface area contributed by atoms with Crippen LogP contribution in [-0.2, 0) is 9.59 Å². The minimum absolute atomic E-state index is 0.000752. The van der Waals surface area contributed by atoms with E-state index in [1.54, 1.807) is 18.7 Å². The van der Waals surface area contributed by atoms with Crippen LogP contribution in [0.3, 0.4) is 0 Å². The van der Waals surface area contributed by atoms with Crippen molar-refractivity contribution in [3.8, 4) is 17.2 Å². The molecule has 1 amide bonds. The number of aromatic amines is 1. The summed E-state index contributed by atoms with van der Waals surface area (Å²) < 4.78 is 17.3. The number of amides is 1. The molecule has 12 heteroatoms. The maximum absolute atomic E-state index is 14.4. The van der Waals surface area contributed by atoms with E-state index in [-0.39, 0.29) is 63.9 Å². The third-order valence-corrected chi connectivity index (χ3v) is 11.1. The number of carbonyl (C=O) groups excluding carboxylic acids is 3. The molecule has 6 rings (SSSR count). The van der Waals surface area contributed by atoms with Crippen LogP contribution in [0.25, 0.3) is 11.0 Å². The highest BCUT2D eigenvalue weighted by Crippen LogP contribution is 2.55. The van der Waals surface area contributed by atoms with Crippen LogP contribution >= 0.6 is 23.4 Å². The molecule has 262 valence electrons. The van der Waals surface area contributed by atoms with Gasteiger partial charge in [-0.1, -0.05) is 63.1 Å². The number of aliphatic hydroxyl groups excluding tert-OH is 1. The summed E-state index contributed by atoms with van der Waals surface area (Å²) in [6, 6.07) is 16.2. The summed E-state index contributed by atoms with van der Waals surface area (Å²) in [6.07, 6.45) is 2.40. The van der Waals surface area contributed by atoms with Crippen LogP contribution in [0.2, 0.25) is 5.02 Å². The van der Waals surface area contributed by atoms with Gasteiger partial charge in [-0.2, -0.15) is 0 Å². The summed E-state index contributed by atoms with van der Waals surface area (Å²) in [5.74, 6) is -2.53. The van der Waals surface area contributed by atoms with Crippen LogP contribution in [0.4, 0.5) is 0 Å². The molecular weight excluding hydrogens is 678 g/mol. The molecule has 0 radical (unpaired) electrons. The van der Waals surface area contributed by atoms with Crippen molar-refractivity contribution >= 4 is 51.9 Å². The number of ketones is 2. The molecule has 10 nitrogen and oxygen atoms in total. The Bertz CT molecular complexity index is 1980. The number of nitrogens with zero attached hydrogens (tertiary/aromatic N) is 1. The standard InChI is InChI=1S/C38H40ClN3O7S/c1-7-19(2)33(37-40-24-10-8-9-11-25(24)41-37)42-29(44)17-23(21-12-14-22(50-6)15-13-21)30-26(43)16-20(3)38(35(30)45)36(46)31-27(47-4)18-28(48-5)32(39)34(31)49-38/h8-15,18-20,23,33,45H,7,16-17H2,1-6H3,(H,40,41)(H,42,44)/t19-,20+,23?,33-,38-/m0/s1. The van der Waals surface area contributed by atoms with Gasteiger partial charge >= 0.3 is 0 Å². The number of aliphatic hydroxyl groups is 1. The molecule has 1 aliphatic heterocycles. The Hall–Kier alpha value is -4.48. The number of allylic oxidation sites excluding steroid dienone is 1. The lowest BCUT2D eigenvalue weighted by Gasteiger charge is -2.38. The number of benzene rings is 3. The number of hydrogen-bond acceptors (Lipinski definition) is 9. The molecule has 5 atom stereocenters. The highest BCUT2D eigenvalue weighted by atomic mass is 35.5. The summed E-state index contributed by atoms with van der Waals surface area (Å²) in [5.41, 5.74) is 0.289. The van der Waals surface area contributed by atoms with Gasteiger partial charge in [-0.05, 0) is 42.0 Å². The van der Waals surface area contributed by atoms with Crippen molar-refractivity contribution in [2.45, 2.75) is 62.5 Å². The van der Waals surface area contributed by atoms with Crippen molar-refractivity contribution in [2.75, 3.05) is 20.5 Å². The molecule has 50 heavy (non-hydrogen) atoms. The van der Waals surface area contributed by atoms with Gasteiger partial charge in [0.05, 0.1) is 31.3 Å². The Labute approximate surface area is 299 Å². The highest BCUT2D eigenvalue weighted by molar-refractivity contribution is 7.98. The van der Waals surface area contributed by atoms with Crippen molar-refractivity contribution in [1.29, 1.82) is 0 Å². The number of H-pyrrole nitrogens is 1. The summed E-state index contributed by atoms with van der Waals surface area (Å²) in [7, 11) is 2.83. The van der Waals surface area contributed by atoms with Gasteiger partial charge in [-0.25, -0.2) is 4.98 Å². The van der Waals surface area contributed by atoms with E-state index in [4.69, 9.17) is 30.8 Å². The zero-order valence-electron chi connectivity index (χ0n) is 28.8. The SMILES string of the molecule is CC[C@H](C)[C@H](NC(=O)CC(C1=C(O)[C@@]2(Oc3c(Cl)c(OC)cc(OC)c3C2=O)[C@H](C)CC1=O)c1ccc(SC)cc1)c1nc2ccccc2[nH]1. The molecule has 0 saturated heterocycles. The van der Waals surface area contributed by atoms with Crippen LogP contribution in [0, 0.1) is 11.8 Å². The maximum Gasteiger partial charge on any atom is 0.231 e. The van der Waals surface area contributed by atoms with Crippen molar-refractivity contribution in [1.82, 2.24) is 15.3 Å². The second kappa shape index (κ2) is 14.0. The Morgan fingerprint density at radius 2 is 1.86 bits per heavy atom. The molecule has 0 saturated carbocycles. The third-order valence-electron chi connectivity index (χ3n) is 10.00. The van der Waals surface area contributed by atoms with Gasteiger partial charge in [0.2, 0.25) is 17.3 Å². The molecule has 3 N–H and O–H groups in total. The molecular formula is C38H40ClN3O7S. The number of para-hydroxylation sites is 2. The van der Waals surface area contributed by atoms with Crippen molar-refractivity contribution < 1.29 is 33.7 Å². The molecule has 1 aromatic heterocycles. The topological polar surface area (TPSA) is 140 Å². The summed E-state index contributed by atoms with van der Waals surface area (Å²) in [5, 5.41) is 15.4. The Kier molecular flexibility index (Phi) is 9.92. The van der Waals surface area contributed by atoms with E-state index < -0.39 is 35.0 Å². The molecule has 1 aliphatic carbocycles. The van der Waals surface area contributed by atoms with E-state index in [0.29, 0.717) is 11.4 Å². The number of ether oxygens (including phenoxy) is 3. The van der Waals surface area contributed by atoms with E-state index in [9.17, 15) is 19.5 Å². The molecule has 1 unspecified atom stereocenters. The first-order valence-electron chi connectivity index (χ1n) is 16.5. The molecule has 4 aromatic rings. The van der Waals surface area contributed by atoms with E-state index >= 15 is 0 Å². The minimum atomic E-state index is -1.98. The van der Waals surface area contributed by atoms with Gasteiger partial charge in [0, 0.05) is 41.2 Å². The number of methoxy groups -OCH3 is 2. The Morgan fingerprint density at radius 3 is 2.50 bits per heavy atom. The van der Waals surface area contributed by atoms with E-state index in [1.807, 2.05) is 68.6 Å². The fourth-order valence-corrected chi connectivity index (χ4v) is 7.69. The van der Waals surface area contributed by atoms with Crippen molar-refractivity contribution in [2.24, 2.45) is 11.8 Å². The normalized spacial score (nSPS) is 20.4. The van der Waals surface area contributed by atoms with Crippen LogP contribution < -0.4 is 19.5 Å². The third kappa shape index (κ3) is 5.90. The fourth-order valence-electron chi connectivity index (χ4n) is 7.01. The smallest absolute Gasteiger partial charge is 0.231 e. The van der Waals surface area contributed by atoms with E-state index in [0.717, 1.165) is 22.3 Å². The molecule has 0 fully saturated rings. The first kappa shape index (κ1) is 35.3. The first-order chi connectivity index (χ1) is 24.0. The second-order valence-corrected chi connectivity index (χ2v) is 14.1. The van der Waals surface area contributed by atoms with Crippen LogP contribution in [0.5, 0.6) is 17.2 Å². The van der Waals surface area contributed by atoms with Crippen molar-refractivity contribution in [3.63, 3.8) is 0 Å². The maximum atomic E-state index is 14.4. The summed E-state index contributed by atoms with van der Waals surface area (Å²) in [4.78, 5) is 51.7. The lowest BCUT2D eigenvalue weighted by atomic mass is 9.69. The molecule has 3 aromatic carbocycles. The van der Waals surface area contributed by atoms with Gasteiger partial charge in [0.25, 0.3) is 0 Å². The number of thioether (sulfide) groups is 1. The molecule has 1 spiro atoms. The van der Waals surface area contributed by atoms with Gasteiger partial charge in [0.1, 0.15) is 27.9 Å². The predicted molar refractivity (Wildman–Crippen MR) is 193 cm³/mol. The molecule has 2 heterocycles. The van der Waals surface area contributed by atoms with Gasteiger partial charge < -0.3 is 29.6 Å². The predicted octanol–water partition coefficient (Wildman–Crippen LogP) is 7.77. The lowest BCUT2D eigenvalue weighted by molar-refractivity contribution is -0.122. The quantitative estimate of drug-likeness (QED) is 0.133. The van der Waals surface area contributed by atoms with Gasteiger partial charge in [0.15, 0.2) is 17.3 Å². The first-order valence-corrected chi connectivity index (χ1v) is 18.1. The van der Waals surface area contributed by atoms with Crippen LogP contribution in [0.15, 0.2) is 70.8 Å². The Morgan fingerprint density at radius 1 is 1.16 bits per heavy atom. The number of Topliss-reactive ketones (excluding diaryl/α,β-unsaturated/α-hetero) is 2. The zero-order chi connectivity index (χ0) is 35.9. The van der Waals surface area contributed by atoms with E-state index in [1.165, 1.54) is 20.3 Å². The average molecular weight is 718 g/mol. The number of halogens is 1. The highest BCUT2D eigenvalue weighted by Gasteiger charge is 2.61. The summed E-state index contributed by atoms with van der Waals surface area (Å²) >= 11 is 8.20. The zero-order valence-corrected chi connectivity index (χ0v) is 30.3. The average Bonchev–Trinajstić information content (AvgIpc) is 3.69. The largest absolute Gasteiger partial charge is 0.507 e. The fraction of sp³-hybridized carbons (Fsp3) is 0.368. The summed E-state index contributed by atoms with van der Waals surface area (Å²) in [6.45, 7) is 5.75. The monoisotopic (exact) mass is 717 g/mol. The molecule has 0 bridgehead atoms. The number of carbonyl (C=O) groups is 3. The van der Waals surface area contributed by atoms with Crippen LogP contribution in [-0.4, -0.2) is 58.6 Å². The minimum Gasteiger partial charge on any atom is -0.507 e. The van der Waals surface area contributed by atoms with E-state index in [2.05, 4.69) is 10.3 Å². The number of hydrogen-bond donors (Lipinski definition) is 3. The van der Waals surface area contributed by atoms with Gasteiger partial charge in [-0.15, -0.1) is 11.8 Å². The number of rotatable bonds is 11. The van der Waals surface area contributed by atoms with Crippen molar-refractivity contribution in [3.05, 3.63) is 87.9 Å². The number of aromatic nitrogens is 2. The number of imidazole rings is 1. The lowest BCUT2D eigenvalue weighted by Crippen LogP contribution is -2.53. The van der Waals surface area contributed by atoms with Crippen LogP contribution in [0.1, 0.15) is 73.7 Å².